The van der Waals surface area contributed by atoms with Crippen LogP contribution in [0.3, 0.4) is 0 Å². The van der Waals surface area contributed by atoms with E-state index in [9.17, 15) is 0 Å². The van der Waals surface area contributed by atoms with Crippen LogP contribution in [-0.2, 0) is 6.42 Å². The lowest BCUT2D eigenvalue weighted by Gasteiger charge is -2.11. The minimum atomic E-state index is 0.578. The fraction of sp³-hybridized carbons (Fsp3) is 0.346. The quantitative estimate of drug-likeness (QED) is 0.371. The summed E-state index contributed by atoms with van der Waals surface area (Å²) in [6, 6.07) is 13.8. The lowest BCUT2D eigenvalue weighted by molar-refractivity contribution is 0.280. The van der Waals surface area contributed by atoms with Crippen LogP contribution in [0.25, 0.3) is 17.0 Å². The molecular weight excluding hydrogens is 390 g/mol. The van der Waals surface area contributed by atoms with Crippen LogP contribution in [0.1, 0.15) is 37.4 Å². The van der Waals surface area contributed by atoms with E-state index in [1.807, 2.05) is 49.4 Å². The molecule has 0 unspecified atom stereocenters. The molecule has 162 valence electrons. The molecule has 0 N–H and O–H groups in total. The number of hydrogen-bond acceptors (Lipinski definition) is 5. The first-order valence-electron chi connectivity index (χ1n) is 10.8. The van der Waals surface area contributed by atoms with E-state index in [2.05, 4.69) is 11.6 Å². The second kappa shape index (κ2) is 9.73. The summed E-state index contributed by atoms with van der Waals surface area (Å²) in [6.45, 7) is 7.59. The predicted octanol–water partition coefficient (Wildman–Crippen LogP) is 6.18. The first-order chi connectivity index (χ1) is 15.2. The van der Waals surface area contributed by atoms with Gasteiger partial charge in [0.1, 0.15) is 12.0 Å². The van der Waals surface area contributed by atoms with Gasteiger partial charge in [-0.3, -0.25) is 0 Å². The van der Waals surface area contributed by atoms with Gasteiger partial charge in [-0.15, -0.1) is 0 Å². The monoisotopic (exact) mass is 419 g/mol. The van der Waals surface area contributed by atoms with E-state index in [0.29, 0.717) is 18.4 Å². The van der Waals surface area contributed by atoms with E-state index in [1.54, 1.807) is 13.4 Å². The fourth-order valence-electron chi connectivity index (χ4n) is 3.42. The Balaban J connectivity index is 1.42. The van der Waals surface area contributed by atoms with Crippen molar-refractivity contribution in [1.29, 1.82) is 0 Å². The van der Waals surface area contributed by atoms with Crippen LogP contribution in [0.5, 0.6) is 17.2 Å². The van der Waals surface area contributed by atoms with Crippen LogP contribution < -0.4 is 14.2 Å². The van der Waals surface area contributed by atoms with Gasteiger partial charge in [-0.1, -0.05) is 24.8 Å². The lowest BCUT2D eigenvalue weighted by Crippen LogP contribution is -2.01. The Bertz CT molecular complexity index is 1040. The zero-order valence-corrected chi connectivity index (χ0v) is 18.2. The van der Waals surface area contributed by atoms with Crippen molar-refractivity contribution in [1.82, 2.24) is 4.98 Å². The smallest absolute Gasteiger partial charge is 0.226 e. The van der Waals surface area contributed by atoms with Crippen molar-refractivity contribution in [2.75, 3.05) is 20.3 Å². The molecule has 5 heteroatoms. The van der Waals surface area contributed by atoms with Crippen molar-refractivity contribution >= 4 is 5.57 Å². The largest absolute Gasteiger partial charge is 0.493 e. The summed E-state index contributed by atoms with van der Waals surface area (Å²) in [5, 5.41) is 0. The number of oxazole rings is 1. The molecule has 1 aromatic heterocycles. The van der Waals surface area contributed by atoms with Gasteiger partial charge in [0.15, 0.2) is 11.5 Å². The number of rotatable bonds is 11. The third-order valence-corrected chi connectivity index (χ3v) is 5.38. The molecule has 4 rings (SSSR count). The number of aromatic nitrogens is 1. The van der Waals surface area contributed by atoms with Crippen LogP contribution in [0.15, 0.2) is 59.7 Å². The van der Waals surface area contributed by atoms with Crippen molar-refractivity contribution in [3.8, 4) is 28.7 Å². The maximum Gasteiger partial charge on any atom is 0.226 e. The van der Waals surface area contributed by atoms with Gasteiger partial charge in [0, 0.05) is 11.1 Å². The molecule has 1 fully saturated rings. The van der Waals surface area contributed by atoms with E-state index >= 15 is 0 Å². The molecule has 0 atom stereocenters. The Hall–Kier alpha value is -3.21. The van der Waals surface area contributed by atoms with Gasteiger partial charge in [-0.2, -0.15) is 0 Å². The number of hydrogen-bond donors (Lipinski definition) is 0. The lowest BCUT2D eigenvalue weighted by atomic mass is 10.0. The van der Waals surface area contributed by atoms with Crippen LogP contribution in [0.2, 0.25) is 0 Å². The zero-order chi connectivity index (χ0) is 21.6. The van der Waals surface area contributed by atoms with Gasteiger partial charge in [-0.25, -0.2) is 4.98 Å². The number of allylic oxidation sites excluding steroid dienone is 1. The summed E-state index contributed by atoms with van der Waals surface area (Å²) in [7, 11) is 1.65. The molecule has 0 radical (unpaired) electrons. The highest BCUT2D eigenvalue weighted by Crippen LogP contribution is 2.35. The average Bonchev–Trinajstić information content (AvgIpc) is 3.51. The first kappa shape index (κ1) is 21.0. The maximum atomic E-state index is 5.96. The average molecular weight is 420 g/mol. The summed E-state index contributed by atoms with van der Waals surface area (Å²) < 4.78 is 22.9. The molecule has 0 amide bonds. The van der Waals surface area contributed by atoms with E-state index in [0.717, 1.165) is 59.1 Å². The molecule has 2 aromatic carbocycles. The third kappa shape index (κ3) is 5.29. The molecular formula is C26H29NO4. The summed E-state index contributed by atoms with van der Waals surface area (Å²) in [6.07, 6.45) is 5.71. The second-order valence-electron chi connectivity index (χ2n) is 7.80. The minimum absolute atomic E-state index is 0.578. The standard InChI is InChI=1S/C26H29NO4/c1-4-29-23-8-6-5-7-22(23)18(2)9-13-21-17-31-26(27-21)20-12-14-24(28-3)25(15-20)30-16-19-10-11-19/h5-8,12,14-15,17,19H,2,4,9-11,13,16H2,1,3H3. The Morgan fingerprint density at radius 1 is 1.10 bits per heavy atom. The van der Waals surface area contributed by atoms with Crippen LogP contribution >= 0.6 is 0 Å². The van der Waals surface area contributed by atoms with Gasteiger partial charge in [-0.05, 0) is 68.4 Å². The molecule has 31 heavy (non-hydrogen) atoms. The SMILES string of the molecule is C=C(CCc1coc(-c2ccc(OC)c(OCC3CC3)c2)n1)c1ccccc1OCC. The number of benzene rings is 2. The maximum absolute atomic E-state index is 5.96. The van der Waals surface area contributed by atoms with E-state index in [4.69, 9.17) is 18.6 Å². The Labute approximate surface area is 183 Å². The number of ether oxygens (including phenoxy) is 3. The Morgan fingerprint density at radius 2 is 1.94 bits per heavy atom. The molecule has 3 aromatic rings. The van der Waals surface area contributed by atoms with Crippen LogP contribution in [0.4, 0.5) is 0 Å². The van der Waals surface area contributed by atoms with Crippen molar-refractivity contribution < 1.29 is 18.6 Å². The molecule has 0 aliphatic heterocycles. The fourth-order valence-corrected chi connectivity index (χ4v) is 3.42. The van der Waals surface area contributed by atoms with E-state index in [1.165, 1.54) is 12.8 Å². The highest BCUT2D eigenvalue weighted by Gasteiger charge is 2.23. The Kier molecular flexibility index (Phi) is 6.60. The van der Waals surface area contributed by atoms with E-state index in [-0.39, 0.29) is 0 Å². The summed E-state index contributed by atoms with van der Waals surface area (Å²) >= 11 is 0. The topological polar surface area (TPSA) is 53.7 Å². The molecule has 1 heterocycles. The Morgan fingerprint density at radius 3 is 2.71 bits per heavy atom. The van der Waals surface area contributed by atoms with Crippen molar-refractivity contribution in [3.05, 3.63) is 66.6 Å². The minimum Gasteiger partial charge on any atom is -0.493 e. The van der Waals surface area contributed by atoms with Crippen LogP contribution in [-0.4, -0.2) is 25.3 Å². The highest BCUT2D eigenvalue weighted by molar-refractivity contribution is 5.69. The van der Waals surface area contributed by atoms with Gasteiger partial charge in [0.05, 0.1) is 26.0 Å². The molecule has 5 nitrogen and oxygen atoms in total. The summed E-state index contributed by atoms with van der Waals surface area (Å²) in [5.41, 5.74) is 3.83. The van der Waals surface area contributed by atoms with Gasteiger partial charge >= 0.3 is 0 Å². The number of nitrogens with zero attached hydrogens (tertiary/aromatic N) is 1. The molecule has 0 saturated heterocycles. The molecule has 0 spiro atoms. The molecule has 0 bridgehead atoms. The second-order valence-corrected chi connectivity index (χ2v) is 7.80. The normalized spacial score (nSPS) is 13.1. The third-order valence-electron chi connectivity index (χ3n) is 5.38. The highest BCUT2D eigenvalue weighted by atomic mass is 16.5. The van der Waals surface area contributed by atoms with Gasteiger partial charge in [0.25, 0.3) is 0 Å². The molecule has 1 aliphatic rings. The predicted molar refractivity (Wildman–Crippen MR) is 122 cm³/mol. The number of methoxy groups -OCH3 is 1. The zero-order valence-electron chi connectivity index (χ0n) is 18.2. The first-order valence-corrected chi connectivity index (χ1v) is 10.8. The van der Waals surface area contributed by atoms with Gasteiger partial charge in [0.2, 0.25) is 5.89 Å². The van der Waals surface area contributed by atoms with Crippen molar-refractivity contribution in [2.24, 2.45) is 5.92 Å². The summed E-state index contributed by atoms with van der Waals surface area (Å²) in [4.78, 5) is 4.67. The molecule has 1 saturated carbocycles. The van der Waals surface area contributed by atoms with Gasteiger partial charge < -0.3 is 18.6 Å². The van der Waals surface area contributed by atoms with Crippen LogP contribution in [0, 0.1) is 5.92 Å². The summed E-state index contributed by atoms with van der Waals surface area (Å²) in [5.74, 6) is 3.57. The molecule has 1 aliphatic carbocycles. The number of para-hydroxylation sites is 1. The number of aryl methyl sites for hydroxylation is 1. The van der Waals surface area contributed by atoms with Crippen molar-refractivity contribution in [2.45, 2.75) is 32.6 Å². The van der Waals surface area contributed by atoms with E-state index < -0.39 is 0 Å². The van der Waals surface area contributed by atoms with Crippen molar-refractivity contribution in [3.63, 3.8) is 0 Å².